The lowest BCUT2D eigenvalue weighted by Crippen LogP contribution is -2.56. The van der Waals surface area contributed by atoms with Crippen LogP contribution in [0.5, 0.6) is 0 Å². The van der Waals surface area contributed by atoms with Crippen molar-refractivity contribution in [2.75, 3.05) is 32.9 Å². The van der Waals surface area contributed by atoms with E-state index in [1.165, 1.54) is 136 Å². The van der Waals surface area contributed by atoms with Crippen LogP contribution in [0.15, 0.2) is 12.2 Å². The van der Waals surface area contributed by atoms with Gasteiger partial charge in [-0.3, -0.25) is 39.0 Å². The third-order valence-corrected chi connectivity index (χ3v) is 11.3. The average Bonchev–Trinajstić information content (AvgIpc) is 3.29. The molecule has 0 aromatic carbocycles. The van der Waals surface area contributed by atoms with E-state index in [1.54, 1.807) is 0 Å². The first-order valence-corrected chi connectivity index (χ1v) is 25.5. The van der Waals surface area contributed by atoms with Crippen molar-refractivity contribution in [1.82, 2.24) is 31.7 Å². The summed E-state index contributed by atoms with van der Waals surface area (Å²) in [5.74, 6) is -6.18. The van der Waals surface area contributed by atoms with Crippen LogP contribution in [0.3, 0.4) is 0 Å². The van der Waals surface area contributed by atoms with Crippen LogP contribution >= 0.6 is 0 Å². The largest absolute Gasteiger partial charge is 0.465 e. The molecule has 0 aliphatic heterocycles. The van der Waals surface area contributed by atoms with Gasteiger partial charge in [-0.15, -0.1) is 0 Å². The van der Waals surface area contributed by atoms with Crippen molar-refractivity contribution in [3.63, 3.8) is 0 Å². The summed E-state index contributed by atoms with van der Waals surface area (Å²) >= 11 is 0. The minimum Gasteiger partial charge on any atom is -0.465 e. The smallest absolute Gasteiger partial charge is 0.405 e. The number of unbranched alkanes of at least 4 members (excludes halogenated alkanes) is 22. The van der Waals surface area contributed by atoms with Crippen molar-refractivity contribution in [3.05, 3.63) is 12.2 Å². The highest BCUT2D eigenvalue weighted by molar-refractivity contribution is 6.00. The molecule has 0 saturated carbocycles. The number of ether oxygens (including phenoxy) is 2. The van der Waals surface area contributed by atoms with Gasteiger partial charge in [-0.25, -0.2) is 9.80 Å². The maximum Gasteiger partial charge on any atom is 0.405 e. The maximum absolute atomic E-state index is 12.9. The van der Waals surface area contributed by atoms with E-state index in [-0.39, 0.29) is 25.5 Å². The third-order valence-electron chi connectivity index (χ3n) is 11.3. The van der Waals surface area contributed by atoms with Crippen LogP contribution in [0.4, 0.5) is 4.79 Å². The molecule has 19 heteroatoms. The predicted molar refractivity (Wildman–Crippen MR) is 263 cm³/mol. The number of nitrogens with two attached hydrogens (primary N) is 2. The molecule has 0 aromatic heterocycles. The maximum atomic E-state index is 12.9. The Bertz CT molecular complexity index is 1470. The Labute approximate surface area is 406 Å². The monoisotopic (exact) mass is 967 g/mol. The minimum atomic E-state index is -1.46. The molecule has 0 aliphatic carbocycles. The molecule has 19 nitrogen and oxygen atoms in total. The fourth-order valence-corrected chi connectivity index (χ4v) is 7.17. The molecule has 0 heterocycles. The fourth-order valence-electron chi connectivity index (χ4n) is 7.17. The fraction of sp³-hybridized carbons (Fsp3) is 0.796. The lowest BCUT2D eigenvalue weighted by molar-refractivity contribution is -0.142. The lowest BCUT2D eigenvalue weighted by atomic mass is 10.1. The summed E-state index contributed by atoms with van der Waals surface area (Å²) in [5.41, 5.74) is 12.8. The molecule has 0 rings (SSSR count). The van der Waals surface area contributed by atoms with E-state index in [1.807, 2.05) is 5.32 Å². The standard InChI is InChI=1S/C49H90N8O11/c1-5-7-9-11-13-15-17-19-21-23-25-27-33-67-37-40(68-34-28-26-24-22-20-18-16-14-12-10-8-6-2)35-52-43(59)30-29-41(46(51)62)55-44(60)31-32-45(61)57(36-42(50)58)56-48(64)39(4)53-47(63)38(3)54-49(65)66/h31-32,38-41,54H,5-30,33-37H2,1-4H3,(H2,50,58)(H2,51,62)(H,52,59)(H,53,63)(H,55,60)(H,56,64)(H,65,66)/b32-31+/t38-,39-,40?,41-/m0/s1. The Kier molecular flexibility index (Phi) is 39.4. The van der Waals surface area contributed by atoms with Crippen molar-refractivity contribution in [2.45, 2.75) is 219 Å². The van der Waals surface area contributed by atoms with Gasteiger partial charge in [-0.05, 0) is 33.1 Å². The quantitative estimate of drug-likeness (QED) is 0.0208. The number of carbonyl (C=O) groups is 8. The molecule has 1 unspecified atom stereocenters. The first-order valence-electron chi connectivity index (χ1n) is 25.5. The Morgan fingerprint density at radius 1 is 0.603 bits per heavy atom. The summed E-state index contributed by atoms with van der Waals surface area (Å²) in [7, 11) is 0. The number of primary amides is 2. The first-order chi connectivity index (χ1) is 32.6. The van der Waals surface area contributed by atoms with Gasteiger partial charge in [0.1, 0.15) is 24.7 Å². The lowest BCUT2D eigenvalue weighted by Gasteiger charge is -2.23. The Balaban J connectivity index is 5.06. The minimum absolute atomic E-state index is 0.150. The highest BCUT2D eigenvalue weighted by atomic mass is 16.5. The van der Waals surface area contributed by atoms with Gasteiger partial charge in [0.2, 0.25) is 29.5 Å². The van der Waals surface area contributed by atoms with Gasteiger partial charge >= 0.3 is 6.09 Å². The summed E-state index contributed by atoms with van der Waals surface area (Å²) in [6, 6.07) is -3.79. The third kappa shape index (κ3) is 37.2. The molecular formula is C49H90N8O11. The van der Waals surface area contributed by atoms with E-state index >= 15 is 0 Å². The molecule has 0 saturated heterocycles. The van der Waals surface area contributed by atoms with Gasteiger partial charge in [0, 0.05) is 38.3 Å². The average molecular weight is 967 g/mol. The number of nitrogens with one attached hydrogen (secondary N) is 5. The number of hydrogen-bond donors (Lipinski definition) is 8. The van der Waals surface area contributed by atoms with Crippen molar-refractivity contribution in [1.29, 1.82) is 0 Å². The van der Waals surface area contributed by atoms with E-state index in [0.29, 0.717) is 30.9 Å². The zero-order chi connectivity index (χ0) is 50.8. The van der Waals surface area contributed by atoms with E-state index in [0.717, 1.165) is 38.2 Å². The first kappa shape index (κ1) is 63.2. The van der Waals surface area contributed by atoms with Gasteiger partial charge < -0.3 is 47.3 Å². The van der Waals surface area contributed by atoms with Gasteiger partial charge in [-0.2, -0.15) is 0 Å². The Morgan fingerprint density at radius 2 is 1.07 bits per heavy atom. The van der Waals surface area contributed by atoms with Crippen LogP contribution in [0.2, 0.25) is 0 Å². The van der Waals surface area contributed by atoms with Crippen LogP contribution in [0, 0.1) is 0 Å². The summed E-state index contributed by atoms with van der Waals surface area (Å²) in [6.45, 7) is 7.82. The number of hydrogen-bond acceptors (Lipinski definition) is 10. The van der Waals surface area contributed by atoms with Crippen LogP contribution < -0.4 is 38.2 Å². The Hall–Kier alpha value is -4.78. The second-order valence-electron chi connectivity index (χ2n) is 17.8. The van der Waals surface area contributed by atoms with E-state index < -0.39 is 72.1 Å². The molecule has 8 amide bonds. The topological polar surface area (TPSA) is 291 Å². The number of hydrazine groups is 1. The molecule has 0 aromatic rings. The molecule has 0 bridgehead atoms. The van der Waals surface area contributed by atoms with Crippen LogP contribution in [-0.4, -0.2) is 115 Å². The van der Waals surface area contributed by atoms with Crippen molar-refractivity contribution in [2.24, 2.45) is 11.5 Å². The second kappa shape index (κ2) is 42.3. The van der Waals surface area contributed by atoms with Crippen molar-refractivity contribution in [3.8, 4) is 0 Å². The number of carbonyl (C=O) groups excluding carboxylic acids is 7. The van der Waals surface area contributed by atoms with Gasteiger partial charge in [0.25, 0.3) is 11.8 Å². The van der Waals surface area contributed by atoms with Crippen molar-refractivity contribution < 1.29 is 52.9 Å². The normalized spacial score (nSPS) is 12.9. The zero-order valence-electron chi connectivity index (χ0n) is 42.0. The molecule has 68 heavy (non-hydrogen) atoms. The SMILES string of the molecule is CCCCCCCCCCCCCCOCC(CNC(=O)CC[C@H](NC(=O)/C=C/C(=O)N(CC(N)=O)NC(=O)[C@H](C)NC(=O)[C@H](C)NC(=O)O)C(N)=O)OCCCCCCCCCCCCCC. The molecule has 0 radical (unpaired) electrons. The van der Waals surface area contributed by atoms with E-state index in [9.17, 15) is 38.4 Å². The van der Waals surface area contributed by atoms with Crippen LogP contribution in [0.25, 0.3) is 0 Å². The highest BCUT2D eigenvalue weighted by Crippen LogP contribution is 2.14. The molecule has 0 spiro atoms. The van der Waals surface area contributed by atoms with Gasteiger partial charge in [-0.1, -0.05) is 155 Å². The molecule has 0 aliphatic rings. The van der Waals surface area contributed by atoms with Crippen molar-refractivity contribution >= 4 is 47.4 Å². The number of amides is 8. The summed E-state index contributed by atoms with van der Waals surface area (Å²) in [5, 5.41) is 18.7. The summed E-state index contributed by atoms with van der Waals surface area (Å²) in [6.07, 6.45) is 29.1. The molecule has 392 valence electrons. The van der Waals surface area contributed by atoms with E-state index in [4.69, 9.17) is 26.0 Å². The van der Waals surface area contributed by atoms with Gasteiger partial charge in [0.05, 0.1) is 12.7 Å². The predicted octanol–water partition coefficient (Wildman–Crippen LogP) is 5.72. The molecule has 10 N–H and O–H groups in total. The summed E-state index contributed by atoms with van der Waals surface area (Å²) in [4.78, 5) is 98.0. The molecular weight excluding hydrogens is 877 g/mol. The number of nitrogens with zero attached hydrogens (tertiary/aromatic N) is 1. The zero-order valence-corrected chi connectivity index (χ0v) is 42.0. The Morgan fingerprint density at radius 3 is 1.54 bits per heavy atom. The number of carboxylic acid groups (broad SMARTS) is 1. The highest BCUT2D eigenvalue weighted by Gasteiger charge is 2.25. The number of rotatable bonds is 44. The van der Waals surface area contributed by atoms with Gasteiger partial charge in [0.15, 0.2) is 0 Å². The van der Waals surface area contributed by atoms with Crippen LogP contribution in [0.1, 0.15) is 195 Å². The second-order valence-corrected chi connectivity index (χ2v) is 17.8. The molecule has 4 atom stereocenters. The van der Waals surface area contributed by atoms with Crippen LogP contribution in [-0.2, 0) is 43.0 Å². The molecule has 0 fully saturated rings. The summed E-state index contributed by atoms with van der Waals surface area (Å²) < 4.78 is 12.2. The van der Waals surface area contributed by atoms with E-state index in [2.05, 4.69) is 35.2 Å².